The average Bonchev–Trinajstić information content (AvgIpc) is 2.30. The lowest BCUT2D eigenvalue weighted by Crippen LogP contribution is -1.91. The Hall–Kier alpha value is -1.91. The molecule has 0 aliphatic carbocycles. The van der Waals surface area contributed by atoms with Gasteiger partial charge in [0.1, 0.15) is 5.69 Å². The summed E-state index contributed by atoms with van der Waals surface area (Å²) in [4.78, 5) is 6.99. The molecule has 0 spiro atoms. The Morgan fingerprint density at radius 1 is 1.00 bits per heavy atom. The van der Waals surface area contributed by atoms with Gasteiger partial charge in [0.25, 0.3) is 6.43 Å². The van der Waals surface area contributed by atoms with E-state index in [-0.39, 0.29) is 5.69 Å². The van der Waals surface area contributed by atoms with E-state index in [9.17, 15) is 13.2 Å². The van der Waals surface area contributed by atoms with Crippen LogP contribution in [-0.2, 0) is 0 Å². The third-order valence-electron chi connectivity index (χ3n) is 2.07. The van der Waals surface area contributed by atoms with Crippen molar-refractivity contribution in [3.05, 3.63) is 48.3 Å². The van der Waals surface area contributed by atoms with E-state index < -0.39 is 12.4 Å². The predicted octanol–water partition coefficient (Wildman–Crippen LogP) is 3.22. The highest BCUT2D eigenvalue weighted by Crippen LogP contribution is 2.23. The summed E-state index contributed by atoms with van der Waals surface area (Å²) in [7, 11) is 0. The molecule has 0 N–H and O–H groups in total. The lowest BCUT2D eigenvalue weighted by atomic mass is 10.1. The van der Waals surface area contributed by atoms with Crippen LogP contribution < -0.4 is 0 Å². The molecule has 2 aromatic heterocycles. The minimum atomic E-state index is -2.62. The Kier molecular flexibility index (Phi) is 2.85. The summed E-state index contributed by atoms with van der Waals surface area (Å²) in [5.74, 6) is -0.605. The van der Waals surface area contributed by atoms with Crippen molar-refractivity contribution in [3.63, 3.8) is 0 Å². The fraction of sp³-hybridized carbons (Fsp3) is 0.0909. The summed E-state index contributed by atoms with van der Waals surface area (Å²) in [6.07, 6.45) is -0.0338. The van der Waals surface area contributed by atoms with Gasteiger partial charge in [-0.1, -0.05) is 0 Å². The van der Waals surface area contributed by atoms with Crippen molar-refractivity contribution in [3.8, 4) is 11.1 Å². The van der Waals surface area contributed by atoms with E-state index in [2.05, 4.69) is 9.97 Å². The second-order valence-corrected chi connectivity index (χ2v) is 3.14. The molecule has 0 radical (unpaired) electrons. The first-order chi connectivity index (χ1) is 7.66. The lowest BCUT2D eigenvalue weighted by Gasteiger charge is -2.03. The SMILES string of the molecule is Fc1ccc(-c2ccnc(C(F)F)c2)cn1. The van der Waals surface area contributed by atoms with Crippen LogP contribution in [0.3, 0.4) is 0 Å². The molecule has 2 heterocycles. The van der Waals surface area contributed by atoms with Gasteiger partial charge in [-0.2, -0.15) is 4.39 Å². The number of halogens is 3. The minimum Gasteiger partial charge on any atom is -0.255 e. The standard InChI is InChI=1S/C11H7F3N2/c12-10-2-1-8(6-16-10)7-3-4-15-9(5-7)11(13)14/h1-6,11H. The van der Waals surface area contributed by atoms with Gasteiger partial charge in [0, 0.05) is 18.0 Å². The van der Waals surface area contributed by atoms with Gasteiger partial charge in [-0.15, -0.1) is 0 Å². The molecule has 82 valence electrons. The molecule has 2 aromatic rings. The highest BCUT2D eigenvalue weighted by molar-refractivity contribution is 5.62. The van der Waals surface area contributed by atoms with Crippen molar-refractivity contribution in [2.24, 2.45) is 0 Å². The second kappa shape index (κ2) is 4.30. The zero-order valence-corrected chi connectivity index (χ0v) is 8.07. The highest BCUT2D eigenvalue weighted by Gasteiger charge is 2.09. The van der Waals surface area contributed by atoms with Crippen LogP contribution in [0.15, 0.2) is 36.7 Å². The molecule has 0 amide bonds. The summed E-state index contributed by atoms with van der Waals surface area (Å²) in [6.45, 7) is 0. The topological polar surface area (TPSA) is 25.8 Å². The van der Waals surface area contributed by atoms with Crippen molar-refractivity contribution in [1.82, 2.24) is 9.97 Å². The molecular formula is C11H7F3N2. The molecule has 5 heteroatoms. The first-order valence-corrected chi connectivity index (χ1v) is 4.53. The molecule has 0 unspecified atom stereocenters. The van der Waals surface area contributed by atoms with Crippen LogP contribution in [0, 0.1) is 5.95 Å². The van der Waals surface area contributed by atoms with Crippen LogP contribution in [0.25, 0.3) is 11.1 Å². The predicted molar refractivity (Wildman–Crippen MR) is 52.4 cm³/mol. The summed E-state index contributed by atoms with van der Waals surface area (Å²) in [5, 5.41) is 0. The molecule has 0 saturated heterocycles. The number of hydrogen-bond donors (Lipinski definition) is 0. The minimum absolute atomic E-state index is 0.304. The Labute approximate surface area is 89.8 Å². The van der Waals surface area contributed by atoms with Crippen LogP contribution in [0.5, 0.6) is 0 Å². The van der Waals surface area contributed by atoms with Gasteiger partial charge in [-0.3, -0.25) is 4.98 Å². The molecule has 2 rings (SSSR count). The van der Waals surface area contributed by atoms with Crippen LogP contribution in [-0.4, -0.2) is 9.97 Å². The monoisotopic (exact) mass is 224 g/mol. The van der Waals surface area contributed by atoms with E-state index in [1.54, 1.807) is 6.07 Å². The molecule has 0 saturated carbocycles. The third kappa shape index (κ3) is 2.18. The van der Waals surface area contributed by atoms with E-state index in [0.717, 1.165) is 0 Å². The van der Waals surface area contributed by atoms with E-state index in [1.165, 1.54) is 30.6 Å². The Bertz CT molecular complexity index is 483. The average molecular weight is 224 g/mol. The molecule has 0 aliphatic rings. The van der Waals surface area contributed by atoms with Gasteiger partial charge in [0.05, 0.1) is 0 Å². The van der Waals surface area contributed by atoms with Crippen LogP contribution in [0.2, 0.25) is 0 Å². The first kappa shape index (κ1) is 10.6. The number of aromatic nitrogens is 2. The first-order valence-electron chi connectivity index (χ1n) is 4.53. The normalized spacial score (nSPS) is 10.8. The van der Waals surface area contributed by atoms with E-state index in [1.807, 2.05) is 0 Å². The number of hydrogen-bond acceptors (Lipinski definition) is 2. The summed E-state index contributed by atoms with van der Waals surface area (Å²) in [6, 6.07) is 5.49. The summed E-state index contributed by atoms with van der Waals surface area (Å²) < 4.78 is 37.3. The molecule has 16 heavy (non-hydrogen) atoms. The van der Waals surface area contributed by atoms with Crippen molar-refractivity contribution in [2.75, 3.05) is 0 Å². The van der Waals surface area contributed by atoms with E-state index in [4.69, 9.17) is 0 Å². The molecule has 0 bridgehead atoms. The third-order valence-corrected chi connectivity index (χ3v) is 2.07. The van der Waals surface area contributed by atoms with Crippen LogP contribution in [0.1, 0.15) is 12.1 Å². The quantitative estimate of drug-likeness (QED) is 0.732. The zero-order valence-electron chi connectivity index (χ0n) is 8.07. The van der Waals surface area contributed by atoms with E-state index in [0.29, 0.717) is 11.1 Å². The van der Waals surface area contributed by atoms with E-state index >= 15 is 0 Å². The molecule has 0 fully saturated rings. The number of nitrogens with zero attached hydrogens (tertiary/aromatic N) is 2. The second-order valence-electron chi connectivity index (χ2n) is 3.14. The summed E-state index contributed by atoms with van der Waals surface area (Å²) >= 11 is 0. The molecule has 0 atom stereocenters. The maximum absolute atomic E-state index is 12.6. The lowest BCUT2D eigenvalue weighted by molar-refractivity contribution is 0.146. The van der Waals surface area contributed by atoms with Crippen molar-refractivity contribution in [2.45, 2.75) is 6.43 Å². The Morgan fingerprint density at radius 3 is 2.44 bits per heavy atom. The van der Waals surface area contributed by atoms with Gasteiger partial charge < -0.3 is 0 Å². The van der Waals surface area contributed by atoms with Gasteiger partial charge in [-0.25, -0.2) is 13.8 Å². The van der Waals surface area contributed by atoms with Gasteiger partial charge in [0.2, 0.25) is 5.95 Å². The maximum Gasteiger partial charge on any atom is 0.280 e. The fourth-order valence-corrected chi connectivity index (χ4v) is 1.29. The Morgan fingerprint density at radius 2 is 1.81 bits per heavy atom. The zero-order chi connectivity index (χ0) is 11.5. The highest BCUT2D eigenvalue weighted by atomic mass is 19.3. The van der Waals surface area contributed by atoms with Crippen LogP contribution in [0.4, 0.5) is 13.2 Å². The fourth-order valence-electron chi connectivity index (χ4n) is 1.29. The van der Waals surface area contributed by atoms with Crippen LogP contribution >= 0.6 is 0 Å². The summed E-state index contributed by atoms with van der Waals surface area (Å²) in [5.41, 5.74) is 0.810. The number of pyridine rings is 2. The molecular weight excluding hydrogens is 217 g/mol. The molecule has 0 aliphatic heterocycles. The van der Waals surface area contributed by atoms with Crippen molar-refractivity contribution in [1.29, 1.82) is 0 Å². The number of alkyl halides is 2. The van der Waals surface area contributed by atoms with Crippen molar-refractivity contribution < 1.29 is 13.2 Å². The largest absolute Gasteiger partial charge is 0.280 e. The molecule has 2 nitrogen and oxygen atoms in total. The smallest absolute Gasteiger partial charge is 0.255 e. The molecule has 0 aromatic carbocycles. The maximum atomic E-state index is 12.6. The Balaban J connectivity index is 2.40. The van der Waals surface area contributed by atoms with Gasteiger partial charge in [-0.05, 0) is 29.8 Å². The number of rotatable bonds is 2. The van der Waals surface area contributed by atoms with Gasteiger partial charge in [0.15, 0.2) is 0 Å². The van der Waals surface area contributed by atoms with Gasteiger partial charge >= 0.3 is 0 Å². The van der Waals surface area contributed by atoms with Crippen molar-refractivity contribution >= 4 is 0 Å².